The number of hydrogen-bond donors (Lipinski definition) is 0. The van der Waals surface area contributed by atoms with Crippen molar-refractivity contribution in [1.29, 1.82) is 0 Å². The first-order valence-electron chi connectivity index (χ1n) is 7.03. The van der Waals surface area contributed by atoms with Gasteiger partial charge in [0.15, 0.2) is 0 Å². The molecule has 5 heteroatoms. The first kappa shape index (κ1) is 14.7. The van der Waals surface area contributed by atoms with E-state index in [2.05, 4.69) is 0 Å². The highest BCUT2D eigenvalue weighted by Crippen LogP contribution is 2.32. The van der Waals surface area contributed by atoms with Gasteiger partial charge in [0.1, 0.15) is 11.5 Å². The van der Waals surface area contributed by atoms with E-state index in [1.807, 2.05) is 30.1 Å². The minimum atomic E-state index is -0.337. The van der Waals surface area contributed by atoms with Crippen molar-refractivity contribution in [2.45, 2.75) is 13.3 Å². The number of nitrogens with zero attached hydrogens (tertiary/aromatic N) is 1. The van der Waals surface area contributed by atoms with Crippen LogP contribution in [0.2, 0.25) is 5.02 Å². The normalized spacial score (nSPS) is 15.8. The molecule has 0 aliphatic carbocycles. The van der Waals surface area contributed by atoms with Crippen LogP contribution < -0.4 is 15.3 Å². The molecule has 0 spiro atoms. The zero-order chi connectivity index (χ0) is 15.7. The van der Waals surface area contributed by atoms with Gasteiger partial charge < -0.3 is 14.1 Å². The Hall–Kier alpha value is -2.20. The van der Waals surface area contributed by atoms with Crippen LogP contribution in [-0.2, 0) is 0 Å². The van der Waals surface area contributed by atoms with Crippen LogP contribution in [0.1, 0.15) is 17.7 Å². The highest BCUT2D eigenvalue weighted by molar-refractivity contribution is 6.32. The zero-order valence-electron chi connectivity index (χ0n) is 12.4. The summed E-state index contributed by atoms with van der Waals surface area (Å²) < 4.78 is 10.9. The van der Waals surface area contributed by atoms with E-state index in [0.29, 0.717) is 28.5 Å². The summed E-state index contributed by atoms with van der Waals surface area (Å²) in [6.45, 7) is 2.58. The lowest BCUT2D eigenvalue weighted by Crippen LogP contribution is -2.28. The molecule has 2 heterocycles. The van der Waals surface area contributed by atoms with Crippen LogP contribution in [-0.4, -0.2) is 13.6 Å². The molecule has 0 fully saturated rings. The predicted octanol–water partition coefficient (Wildman–Crippen LogP) is 3.86. The second kappa shape index (κ2) is 5.89. The van der Waals surface area contributed by atoms with Gasteiger partial charge in [0, 0.05) is 25.2 Å². The lowest BCUT2D eigenvalue weighted by atomic mass is 9.99. The molecule has 0 amide bonds. The molecule has 4 nitrogen and oxygen atoms in total. The molecule has 2 aromatic rings. The fourth-order valence-corrected chi connectivity index (χ4v) is 2.70. The van der Waals surface area contributed by atoms with E-state index in [-0.39, 0.29) is 5.63 Å². The van der Waals surface area contributed by atoms with Gasteiger partial charge in [-0.1, -0.05) is 23.7 Å². The Bertz CT molecular complexity index is 795. The Labute approximate surface area is 133 Å². The molecule has 0 saturated heterocycles. The summed E-state index contributed by atoms with van der Waals surface area (Å²) in [5.74, 6) is 1.16. The largest absolute Gasteiger partial charge is 0.463 e. The smallest absolute Gasteiger partial charge is 0.345 e. The van der Waals surface area contributed by atoms with Gasteiger partial charge in [-0.05, 0) is 25.5 Å². The number of aryl methyl sites for hydroxylation is 1. The van der Waals surface area contributed by atoms with Gasteiger partial charge in [0.25, 0.3) is 0 Å². The van der Waals surface area contributed by atoms with E-state index < -0.39 is 0 Å². The van der Waals surface area contributed by atoms with Crippen LogP contribution in [0.25, 0.3) is 5.57 Å². The summed E-state index contributed by atoms with van der Waals surface area (Å²) in [7, 11) is 1.96. The standard InChI is InChI=1S/C17H16ClNO3/c1-11-9-14-16(17(20)22-11)12(7-8-19(14)2)10-21-15-6-4-3-5-13(15)18/h3-6,9-10H,7-8H2,1-2H3/b12-10+. The molecule has 114 valence electrons. The molecular weight excluding hydrogens is 302 g/mol. The number of rotatable bonds is 2. The summed E-state index contributed by atoms with van der Waals surface area (Å²) in [6.07, 6.45) is 2.31. The number of anilines is 1. The molecule has 0 atom stereocenters. The third-order valence-corrected chi connectivity index (χ3v) is 3.98. The number of hydrogen-bond acceptors (Lipinski definition) is 4. The van der Waals surface area contributed by atoms with Crippen LogP contribution in [0.3, 0.4) is 0 Å². The van der Waals surface area contributed by atoms with Crippen LogP contribution >= 0.6 is 11.6 Å². The summed E-state index contributed by atoms with van der Waals surface area (Å²) in [5, 5.41) is 0.531. The van der Waals surface area contributed by atoms with E-state index in [9.17, 15) is 4.79 Å². The topological polar surface area (TPSA) is 42.7 Å². The van der Waals surface area contributed by atoms with E-state index >= 15 is 0 Å². The Morgan fingerprint density at radius 3 is 2.91 bits per heavy atom. The summed E-state index contributed by atoms with van der Waals surface area (Å²) in [5.41, 5.74) is 1.91. The highest BCUT2D eigenvalue weighted by atomic mass is 35.5. The van der Waals surface area contributed by atoms with Gasteiger partial charge >= 0.3 is 5.63 Å². The molecule has 0 N–H and O–H groups in total. The zero-order valence-corrected chi connectivity index (χ0v) is 13.2. The molecule has 0 radical (unpaired) electrons. The van der Waals surface area contributed by atoms with E-state index in [1.165, 1.54) is 0 Å². The van der Waals surface area contributed by atoms with Crippen molar-refractivity contribution >= 4 is 22.9 Å². The first-order chi connectivity index (χ1) is 10.6. The average molecular weight is 318 g/mol. The molecule has 0 bridgehead atoms. The summed E-state index contributed by atoms with van der Waals surface area (Å²) in [4.78, 5) is 14.3. The number of para-hydroxylation sites is 1. The van der Waals surface area contributed by atoms with Crippen LogP contribution in [0, 0.1) is 6.92 Å². The van der Waals surface area contributed by atoms with Crippen molar-refractivity contribution in [2.24, 2.45) is 0 Å². The number of halogens is 1. The molecule has 1 aromatic carbocycles. The molecular formula is C17H16ClNO3. The first-order valence-corrected chi connectivity index (χ1v) is 7.40. The molecule has 0 saturated carbocycles. The van der Waals surface area contributed by atoms with Crippen LogP contribution in [0.5, 0.6) is 5.75 Å². The molecule has 1 aliphatic rings. The second-order valence-corrected chi connectivity index (χ2v) is 5.67. The molecule has 22 heavy (non-hydrogen) atoms. The van der Waals surface area contributed by atoms with Gasteiger partial charge in [0.05, 0.1) is 22.5 Å². The van der Waals surface area contributed by atoms with Gasteiger partial charge in [0.2, 0.25) is 0 Å². The van der Waals surface area contributed by atoms with Gasteiger partial charge in [-0.3, -0.25) is 0 Å². The van der Waals surface area contributed by atoms with E-state index in [1.54, 1.807) is 25.3 Å². The minimum absolute atomic E-state index is 0.337. The molecule has 1 aliphatic heterocycles. The Kier molecular flexibility index (Phi) is 3.94. The maximum atomic E-state index is 12.2. The third kappa shape index (κ3) is 2.74. The lowest BCUT2D eigenvalue weighted by molar-refractivity contribution is 0.469. The lowest BCUT2D eigenvalue weighted by Gasteiger charge is -2.28. The average Bonchev–Trinajstić information content (AvgIpc) is 2.48. The van der Waals surface area contributed by atoms with Crippen molar-refractivity contribution in [3.05, 3.63) is 63.4 Å². The number of ether oxygens (including phenoxy) is 1. The van der Waals surface area contributed by atoms with Crippen molar-refractivity contribution in [3.8, 4) is 5.75 Å². The SMILES string of the molecule is Cc1cc2c(c(=O)o1)/C(=C/Oc1ccccc1Cl)CCN2C. The van der Waals surface area contributed by atoms with Crippen LogP contribution in [0.4, 0.5) is 5.69 Å². The maximum Gasteiger partial charge on any atom is 0.345 e. The van der Waals surface area contributed by atoms with Crippen molar-refractivity contribution < 1.29 is 9.15 Å². The maximum absolute atomic E-state index is 12.2. The Morgan fingerprint density at radius 1 is 1.36 bits per heavy atom. The second-order valence-electron chi connectivity index (χ2n) is 5.27. The Balaban J connectivity index is 2.01. The van der Waals surface area contributed by atoms with Gasteiger partial charge in [-0.15, -0.1) is 0 Å². The third-order valence-electron chi connectivity index (χ3n) is 3.67. The predicted molar refractivity (Wildman–Crippen MR) is 87.7 cm³/mol. The van der Waals surface area contributed by atoms with Crippen molar-refractivity contribution in [3.63, 3.8) is 0 Å². The molecule has 0 unspecified atom stereocenters. The quantitative estimate of drug-likeness (QED) is 0.789. The summed E-state index contributed by atoms with van der Waals surface area (Å²) in [6, 6.07) is 9.10. The van der Waals surface area contributed by atoms with Crippen molar-refractivity contribution in [2.75, 3.05) is 18.5 Å². The van der Waals surface area contributed by atoms with E-state index in [4.69, 9.17) is 20.8 Å². The Morgan fingerprint density at radius 2 is 2.14 bits per heavy atom. The van der Waals surface area contributed by atoms with Gasteiger partial charge in [-0.2, -0.15) is 0 Å². The highest BCUT2D eigenvalue weighted by Gasteiger charge is 2.23. The number of fused-ring (bicyclic) bond motifs is 1. The van der Waals surface area contributed by atoms with Crippen molar-refractivity contribution in [1.82, 2.24) is 0 Å². The number of benzene rings is 1. The van der Waals surface area contributed by atoms with Gasteiger partial charge in [-0.25, -0.2) is 4.79 Å². The monoisotopic (exact) mass is 317 g/mol. The van der Waals surface area contributed by atoms with Crippen LogP contribution in [0.15, 0.2) is 45.8 Å². The minimum Gasteiger partial charge on any atom is -0.463 e. The molecule has 1 aromatic heterocycles. The fourth-order valence-electron chi connectivity index (χ4n) is 2.52. The summed E-state index contributed by atoms with van der Waals surface area (Å²) >= 11 is 6.07. The fraction of sp³-hybridized carbons (Fsp3) is 0.235. The van der Waals surface area contributed by atoms with E-state index in [0.717, 1.165) is 17.8 Å². The molecule has 3 rings (SSSR count).